The van der Waals surface area contributed by atoms with Gasteiger partial charge in [-0.1, -0.05) is 12.1 Å². The number of amides is 1. The number of likely N-dealkylation sites (tertiary alicyclic amines) is 1. The number of carbonyl (C=O) groups excluding carboxylic acids is 1. The molecule has 0 saturated carbocycles. The molecule has 0 aliphatic carbocycles. The molecule has 1 aromatic carbocycles. The predicted octanol–water partition coefficient (Wildman–Crippen LogP) is 3.82. The highest BCUT2D eigenvalue weighted by atomic mass is 19.4. The maximum Gasteiger partial charge on any atom is 0.416 e. The van der Waals surface area contributed by atoms with Gasteiger partial charge in [0.25, 0.3) is 5.91 Å². The number of aromatic carboxylic acids is 1. The van der Waals surface area contributed by atoms with Gasteiger partial charge in [0.05, 0.1) is 11.1 Å². The maximum absolute atomic E-state index is 12.7. The van der Waals surface area contributed by atoms with Crippen LogP contribution in [-0.4, -0.2) is 40.0 Å². The predicted molar refractivity (Wildman–Crippen MR) is 90.5 cm³/mol. The molecule has 2 aromatic rings. The van der Waals surface area contributed by atoms with Crippen molar-refractivity contribution in [2.75, 3.05) is 13.1 Å². The second-order valence-electron chi connectivity index (χ2n) is 6.42. The molecule has 1 aromatic heterocycles. The van der Waals surface area contributed by atoms with Gasteiger partial charge in [0, 0.05) is 19.3 Å². The van der Waals surface area contributed by atoms with E-state index in [4.69, 9.17) is 5.11 Å². The highest BCUT2D eigenvalue weighted by Gasteiger charge is 2.31. The molecular formula is C19H17F3N2O3. The van der Waals surface area contributed by atoms with Crippen LogP contribution in [-0.2, 0) is 6.18 Å². The summed E-state index contributed by atoms with van der Waals surface area (Å²) in [7, 11) is 0. The number of hydrogen-bond acceptors (Lipinski definition) is 3. The molecule has 142 valence electrons. The van der Waals surface area contributed by atoms with Gasteiger partial charge in [-0.15, -0.1) is 0 Å². The maximum atomic E-state index is 12.7. The molecular weight excluding hydrogens is 361 g/mol. The zero-order valence-corrected chi connectivity index (χ0v) is 14.2. The standard InChI is InChI=1S/C19H17F3N2O3/c20-19(21,22)15-3-1-12(2-4-15)13-6-9-24(10-7-13)17(25)16-11-14(18(26)27)5-8-23-16/h1-5,8,11,13H,6-7,9-10H2,(H,26,27). The fourth-order valence-electron chi connectivity index (χ4n) is 3.20. The zero-order chi connectivity index (χ0) is 19.6. The summed E-state index contributed by atoms with van der Waals surface area (Å²) in [6.07, 6.45) is -1.83. The topological polar surface area (TPSA) is 70.5 Å². The van der Waals surface area contributed by atoms with Gasteiger partial charge in [0.2, 0.25) is 0 Å². The van der Waals surface area contributed by atoms with Gasteiger partial charge < -0.3 is 10.0 Å². The molecule has 0 radical (unpaired) electrons. The Labute approximate surface area is 153 Å². The molecule has 0 atom stereocenters. The monoisotopic (exact) mass is 378 g/mol. The first kappa shape index (κ1) is 18.9. The van der Waals surface area contributed by atoms with Crippen molar-refractivity contribution < 1.29 is 27.9 Å². The van der Waals surface area contributed by atoms with E-state index in [-0.39, 0.29) is 23.1 Å². The summed E-state index contributed by atoms with van der Waals surface area (Å²) < 4.78 is 38.0. The van der Waals surface area contributed by atoms with E-state index >= 15 is 0 Å². The van der Waals surface area contributed by atoms with Crippen molar-refractivity contribution in [3.05, 3.63) is 65.0 Å². The number of benzene rings is 1. The molecule has 0 spiro atoms. The van der Waals surface area contributed by atoms with Crippen molar-refractivity contribution in [3.8, 4) is 0 Å². The van der Waals surface area contributed by atoms with E-state index in [2.05, 4.69) is 4.98 Å². The number of carboxylic acids is 1. The summed E-state index contributed by atoms with van der Waals surface area (Å²) in [6, 6.07) is 7.69. The van der Waals surface area contributed by atoms with Crippen LogP contribution in [0.25, 0.3) is 0 Å². The Morgan fingerprint density at radius 3 is 2.26 bits per heavy atom. The van der Waals surface area contributed by atoms with Crippen LogP contribution in [0.15, 0.2) is 42.6 Å². The van der Waals surface area contributed by atoms with E-state index in [9.17, 15) is 22.8 Å². The van der Waals surface area contributed by atoms with Crippen LogP contribution in [0.4, 0.5) is 13.2 Å². The quantitative estimate of drug-likeness (QED) is 0.882. The molecule has 1 aliphatic heterocycles. The second-order valence-corrected chi connectivity index (χ2v) is 6.42. The molecule has 3 rings (SSSR count). The number of pyridine rings is 1. The summed E-state index contributed by atoms with van der Waals surface area (Å²) in [5.41, 5.74) is 0.209. The summed E-state index contributed by atoms with van der Waals surface area (Å²) >= 11 is 0. The minimum atomic E-state index is -4.36. The van der Waals surface area contributed by atoms with Crippen LogP contribution in [0, 0.1) is 0 Å². The summed E-state index contributed by atoms with van der Waals surface area (Å²) in [5.74, 6) is -1.40. The summed E-state index contributed by atoms with van der Waals surface area (Å²) in [4.78, 5) is 29.1. The lowest BCUT2D eigenvalue weighted by Gasteiger charge is -2.32. The highest BCUT2D eigenvalue weighted by Crippen LogP contribution is 2.33. The van der Waals surface area contributed by atoms with Gasteiger partial charge in [-0.2, -0.15) is 13.2 Å². The Bertz CT molecular complexity index is 842. The van der Waals surface area contributed by atoms with Gasteiger partial charge in [0.1, 0.15) is 5.69 Å². The number of piperidine rings is 1. The average molecular weight is 378 g/mol. The smallest absolute Gasteiger partial charge is 0.416 e. The highest BCUT2D eigenvalue weighted by molar-refractivity contribution is 5.95. The molecule has 1 amide bonds. The van der Waals surface area contributed by atoms with E-state index in [0.29, 0.717) is 25.9 Å². The molecule has 1 saturated heterocycles. The molecule has 5 nitrogen and oxygen atoms in total. The van der Waals surface area contributed by atoms with Gasteiger partial charge in [0.15, 0.2) is 0 Å². The third-order valence-electron chi connectivity index (χ3n) is 4.72. The van der Waals surface area contributed by atoms with Gasteiger partial charge in [-0.3, -0.25) is 9.78 Å². The van der Waals surface area contributed by atoms with Crippen molar-refractivity contribution in [2.45, 2.75) is 24.9 Å². The van der Waals surface area contributed by atoms with E-state index in [1.54, 1.807) is 4.90 Å². The van der Waals surface area contributed by atoms with Crippen LogP contribution in [0.2, 0.25) is 0 Å². The Morgan fingerprint density at radius 2 is 1.70 bits per heavy atom. The lowest BCUT2D eigenvalue weighted by Crippen LogP contribution is -2.38. The largest absolute Gasteiger partial charge is 0.478 e. The molecule has 0 bridgehead atoms. The Balaban J connectivity index is 1.64. The second kappa shape index (κ2) is 7.38. The lowest BCUT2D eigenvalue weighted by atomic mass is 9.89. The minimum absolute atomic E-state index is 0.00649. The molecule has 8 heteroatoms. The number of aromatic nitrogens is 1. The normalized spacial score (nSPS) is 15.6. The van der Waals surface area contributed by atoms with Crippen molar-refractivity contribution >= 4 is 11.9 Å². The van der Waals surface area contributed by atoms with Crippen molar-refractivity contribution in [1.82, 2.24) is 9.88 Å². The number of carbonyl (C=O) groups is 2. The molecule has 27 heavy (non-hydrogen) atoms. The molecule has 0 unspecified atom stereocenters. The number of carboxylic acid groups (broad SMARTS) is 1. The van der Waals surface area contributed by atoms with E-state index in [1.165, 1.54) is 30.5 Å². The van der Waals surface area contributed by atoms with Crippen molar-refractivity contribution in [1.29, 1.82) is 0 Å². The number of nitrogens with zero attached hydrogens (tertiary/aromatic N) is 2. The first-order valence-electron chi connectivity index (χ1n) is 8.41. The van der Waals surface area contributed by atoms with Crippen LogP contribution in [0.3, 0.4) is 0 Å². The number of hydrogen-bond donors (Lipinski definition) is 1. The Kier molecular flexibility index (Phi) is 5.16. The molecule has 2 heterocycles. The molecule has 1 N–H and O–H groups in total. The third kappa shape index (κ3) is 4.27. The van der Waals surface area contributed by atoms with Gasteiger partial charge in [-0.05, 0) is 48.6 Å². The Hall–Kier alpha value is -2.90. The fraction of sp³-hybridized carbons (Fsp3) is 0.316. The van der Waals surface area contributed by atoms with Gasteiger partial charge >= 0.3 is 12.1 Å². The third-order valence-corrected chi connectivity index (χ3v) is 4.72. The van der Waals surface area contributed by atoms with Crippen LogP contribution < -0.4 is 0 Å². The summed E-state index contributed by atoms with van der Waals surface area (Å²) in [5, 5.41) is 9.01. The molecule has 1 fully saturated rings. The summed E-state index contributed by atoms with van der Waals surface area (Å²) in [6.45, 7) is 0.868. The van der Waals surface area contributed by atoms with Crippen molar-refractivity contribution in [3.63, 3.8) is 0 Å². The average Bonchev–Trinajstić information content (AvgIpc) is 2.67. The fourth-order valence-corrected chi connectivity index (χ4v) is 3.20. The number of alkyl halides is 3. The van der Waals surface area contributed by atoms with Crippen LogP contribution in [0.5, 0.6) is 0 Å². The first-order valence-corrected chi connectivity index (χ1v) is 8.41. The zero-order valence-electron chi connectivity index (χ0n) is 14.2. The lowest BCUT2D eigenvalue weighted by molar-refractivity contribution is -0.137. The van der Waals surface area contributed by atoms with Crippen molar-refractivity contribution in [2.24, 2.45) is 0 Å². The number of rotatable bonds is 3. The SMILES string of the molecule is O=C(O)c1ccnc(C(=O)N2CCC(c3ccc(C(F)(F)F)cc3)CC2)c1. The van der Waals surface area contributed by atoms with E-state index in [1.807, 2.05) is 0 Å². The number of halogens is 3. The Morgan fingerprint density at radius 1 is 1.07 bits per heavy atom. The van der Waals surface area contributed by atoms with Gasteiger partial charge in [-0.25, -0.2) is 4.79 Å². The molecule has 1 aliphatic rings. The van der Waals surface area contributed by atoms with E-state index < -0.39 is 17.7 Å². The van der Waals surface area contributed by atoms with Crippen LogP contribution >= 0.6 is 0 Å². The van der Waals surface area contributed by atoms with E-state index in [0.717, 1.165) is 17.7 Å². The minimum Gasteiger partial charge on any atom is -0.478 e. The van der Waals surface area contributed by atoms with Crippen LogP contribution in [0.1, 0.15) is 50.7 Å². The first-order chi connectivity index (χ1) is 12.8.